The lowest BCUT2D eigenvalue weighted by Gasteiger charge is -2.15. The Labute approximate surface area is 170 Å². The van der Waals surface area contributed by atoms with Gasteiger partial charge in [0.2, 0.25) is 0 Å². The number of hydrogen-bond acceptors (Lipinski definition) is 3. The van der Waals surface area contributed by atoms with E-state index in [9.17, 15) is 4.79 Å². The maximum Gasteiger partial charge on any atom is 0.519 e. The van der Waals surface area contributed by atoms with Crippen LogP contribution in [0.5, 0.6) is 11.5 Å². The first kappa shape index (κ1) is 22.0. The Kier molecular flexibility index (Phi) is 9.06. The number of benzene rings is 2. The Morgan fingerprint density at radius 1 is 0.786 bits per heavy atom. The van der Waals surface area contributed by atoms with Crippen molar-refractivity contribution in [3.05, 3.63) is 58.7 Å². The molecule has 0 radical (unpaired) electrons. The molecule has 0 unspecified atom stereocenters. The smallest absolute Gasteiger partial charge is 0.394 e. The van der Waals surface area contributed by atoms with Crippen LogP contribution in [0.1, 0.15) is 74.6 Å². The molecule has 0 aromatic heterocycles. The van der Waals surface area contributed by atoms with Gasteiger partial charge >= 0.3 is 6.16 Å². The molecule has 0 heterocycles. The molecular formula is C25H34O3. The zero-order valence-electron chi connectivity index (χ0n) is 17.8. The Hall–Kier alpha value is -2.29. The van der Waals surface area contributed by atoms with Crippen LogP contribution in [0, 0.1) is 13.8 Å². The summed E-state index contributed by atoms with van der Waals surface area (Å²) < 4.78 is 11.1. The molecule has 0 aliphatic carbocycles. The number of carbonyl (C=O) groups is 1. The van der Waals surface area contributed by atoms with E-state index < -0.39 is 6.16 Å². The molecule has 2 rings (SSSR count). The Bertz CT molecular complexity index is 764. The summed E-state index contributed by atoms with van der Waals surface area (Å²) in [7, 11) is 0. The number of aryl methyl sites for hydroxylation is 2. The topological polar surface area (TPSA) is 35.5 Å². The van der Waals surface area contributed by atoms with Gasteiger partial charge in [0.1, 0.15) is 11.5 Å². The highest BCUT2D eigenvalue weighted by atomic mass is 16.7. The summed E-state index contributed by atoms with van der Waals surface area (Å²) >= 11 is 0. The summed E-state index contributed by atoms with van der Waals surface area (Å²) in [5.74, 6) is 1.19. The van der Waals surface area contributed by atoms with Gasteiger partial charge in [-0.25, -0.2) is 4.79 Å². The van der Waals surface area contributed by atoms with Crippen LogP contribution in [0.15, 0.2) is 36.4 Å². The SMILES string of the molecule is CCCCCc1cccc(OC(=O)Oc2cccc(C)c2C)c1CCCCC. The molecule has 3 nitrogen and oxygen atoms in total. The fraction of sp³-hybridized carbons (Fsp3) is 0.480. The molecule has 0 saturated heterocycles. The van der Waals surface area contributed by atoms with Crippen molar-refractivity contribution in [3.8, 4) is 11.5 Å². The summed E-state index contributed by atoms with van der Waals surface area (Å²) in [6, 6.07) is 11.7. The van der Waals surface area contributed by atoms with Gasteiger partial charge in [0.25, 0.3) is 0 Å². The zero-order chi connectivity index (χ0) is 20.4. The van der Waals surface area contributed by atoms with Crippen LogP contribution in [0.25, 0.3) is 0 Å². The number of rotatable bonds is 10. The molecule has 0 spiro atoms. The Morgan fingerprint density at radius 2 is 1.39 bits per heavy atom. The number of ether oxygens (including phenoxy) is 2. The summed E-state index contributed by atoms with van der Waals surface area (Å²) in [6.07, 6.45) is 8.31. The largest absolute Gasteiger partial charge is 0.519 e. The third kappa shape index (κ3) is 6.40. The number of unbranched alkanes of at least 4 members (excludes halogenated alkanes) is 4. The molecule has 3 heteroatoms. The minimum Gasteiger partial charge on any atom is -0.394 e. The molecule has 0 bridgehead atoms. The predicted molar refractivity (Wildman–Crippen MR) is 115 cm³/mol. The molecule has 0 aliphatic rings. The lowest BCUT2D eigenvalue weighted by molar-refractivity contribution is 0.151. The average Bonchev–Trinajstić information content (AvgIpc) is 2.67. The van der Waals surface area contributed by atoms with Gasteiger partial charge in [-0.05, 0) is 73.9 Å². The highest BCUT2D eigenvalue weighted by Crippen LogP contribution is 2.28. The second kappa shape index (κ2) is 11.5. The van der Waals surface area contributed by atoms with Crippen molar-refractivity contribution in [2.75, 3.05) is 0 Å². The van der Waals surface area contributed by atoms with E-state index >= 15 is 0 Å². The number of carbonyl (C=O) groups excluding carboxylic acids is 1. The summed E-state index contributed by atoms with van der Waals surface area (Å²) in [5, 5.41) is 0. The molecule has 28 heavy (non-hydrogen) atoms. The summed E-state index contributed by atoms with van der Waals surface area (Å²) in [4.78, 5) is 12.5. The lowest BCUT2D eigenvalue weighted by atomic mass is 9.96. The van der Waals surface area contributed by atoms with Crippen molar-refractivity contribution in [1.82, 2.24) is 0 Å². The van der Waals surface area contributed by atoms with E-state index in [4.69, 9.17) is 9.47 Å². The van der Waals surface area contributed by atoms with E-state index in [2.05, 4.69) is 19.9 Å². The van der Waals surface area contributed by atoms with Gasteiger partial charge in [-0.15, -0.1) is 0 Å². The first-order valence-electron chi connectivity index (χ1n) is 10.6. The van der Waals surface area contributed by atoms with Crippen LogP contribution in [0.4, 0.5) is 4.79 Å². The second-order valence-electron chi connectivity index (χ2n) is 7.46. The van der Waals surface area contributed by atoms with Crippen molar-refractivity contribution in [3.63, 3.8) is 0 Å². The molecule has 2 aromatic carbocycles. The molecule has 0 saturated carbocycles. The van der Waals surface area contributed by atoms with E-state index in [0.29, 0.717) is 11.5 Å². The van der Waals surface area contributed by atoms with Crippen LogP contribution in [-0.4, -0.2) is 6.16 Å². The molecule has 0 N–H and O–H groups in total. The molecule has 152 valence electrons. The Morgan fingerprint density at radius 3 is 2.11 bits per heavy atom. The van der Waals surface area contributed by atoms with Crippen LogP contribution >= 0.6 is 0 Å². The van der Waals surface area contributed by atoms with Gasteiger partial charge in [-0.2, -0.15) is 0 Å². The average molecular weight is 383 g/mol. The maximum atomic E-state index is 12.5. The minimum absolute atomic E-state index is 0.552. The fourth-order valence-electron chi connectivity index (χ4n) is 3.38. The van der Waals surface area contributed by atoms with Crippen LogP contribution < -0.4 is 9.47 Å². The molecule has 0 aliphatic heterocycles. The van der Waals surface area contributed by atoms with Gasteiger partial charge in [-0.1, -0.05) is 63.8 Å². The number of hydrogen-bond donors (Lipinski definition) is 0. The first-order valence-corrected chi connectivity index (χ1v) is 10.6. The maximum absolute atomic E-state index is 12.5. The highest BCUT2D eigenvalue weighted by Gasteiger charge is 2.15. The zero-order valence-corrected chi connectivity index (χ0v) is 17.8. The molecule has 0 amide bonds. The van der Waals surface area contributed by atoms with Crippen LogP contribution in [0.3, 0.4) is 0 Å². The quantitative estimate of drug-likeness (QED) is 0.245. The van der Waals surface area contributed by atoms with Crippen LogP contribution in [-0.2, 0) is 12.8 Å². The van der Waals surface area contributed by atoms with Crippen molar-refractivity contribution in [1.29, 1.82) is 0 Å². The van der Waals surface area contributed by atoms with E-state index in [1.165, 1.54) is 31.2 Å². The van der Waals surface area contributed by atoms with Gasteiger partial charge in [-0.3, -0.25) is 0 Å². The predicted octanol–water partition coefficient (Wildman–Crippen LogP) is 7.35. The molecule has 0 fully saturated rings. The minimum atomic E-state index is -0.670. The third-order valence-electron chi connectivity index (χ3n) is 5.25. The van der Waals surface area contributed by atoms with Gasteiger partial charge < -0.3 is 9.47 Å². The molecule has 2 aromatic rings. The summed E-state index contributed by atoms with van der Waals surface area (Å²) in [5.41, 5.74) is 4.49. The van der Waals surface area contributed by atoms with Crippen molar-refractivity contribution in [2.45, 2.75) is 79.1 Å². The van der Waals surface area contributed by atoms with Gasteiger partial charge in [0.05, 0.1) is 0 Å². The monoisotopic (exact) mass is 382 g/mol. The van der Waals surface area contributed by atoms with Crippen LogP contribution in [0.2, 0.25) is 0 Å². The van der Waals surface area contributed by atoms with Crippen molar-refractivity contribution < 1.29 is 14.3 Å². The van der Waals surface area contributed by atoms with E-state index in [-0.39, 0.29) is 0 Å². The van der Waals surface area contributed by atoms with E-state index in [0.717, 1.165) is 42.4 Å². The fourth-order valence-corrected chi connectivity index (χ4v) is 3.38. The lowest BCUT2D eigenvalue weighted by Crippen LogP contribution is -2.16. The normalized spacial score (nSPS) is 10.7. The van der Waals surface area contributed by atoms with Gasteiger partial charge in [0.15, 0.2) is 0 Å². The van der Waals surface area contributed by atoms with E-state index in [1.807, 2.05) is 38.1 Å². The molecule has 0 atom stereocenters. The standard InChI is InChI=1S/C25H34O3/c1-5-7-9-14-21-15-12-18-24(22(21)16-10-8-6-2)28-25(26)27-23-17-11-13-19(3)20(23)4/h11-13,15,17-18H,5-10,14,16H2,1-4H3. The summed E-state index contributed by atoms with van der Waals surface area (Å²) in [6.45, 7) is 8.36. The van der Waals surface area contributed by atoms with Crippen molar-refractivity contribution >= 4 is 6.16 Å². The van der Waals surface area contributed by atoms with Crippen molar-refractivity contribution in [2.24, 2.45) is 0 Å². The van der Waals surface area contributed by atoms with Gasteiger partial charge in [0, 0.05) is 0 Å². The first-order chi connectivity index (χ1) is 13.6. The highest BCUT2D eigenvalue weighted by molar-refractivity contribution is 5.68. The molecular weight excluding hydrogens is 348 g/mol. The second-order valence-corrected chi connectivity index (χ2v) is 7.46. The Balaban J connectivity index is 2.16. The third-order valence-corrected chi connectivity index (χ3v) is 5.25. The van der Waals surface area contributed by atoms with E-state index in [1.54, 1.807) is 6.07 Å².